The fourth-order valence-electron chi connectivity index (χ4n) is 4.49. The van der Waals surface area contributed by atoms with E-state index in [0.717, 1.165) is 37.8 Å². The normalized spacial score (nSPS) is 19.1. The highest BCUT2D eigenvalue weighted by molar-refractivity contribution is 7.92. The number of hydrogen-bond donors (Lipinski definition) is 2. The molecule has 0 aromatic heterocycles. The summed E-state index contributed by atoms with van der Waals surface area (Å²) in [6, 6.07) is 12.3. The van der Waals surface area contributed by atoms with Gasteiger partial charge in [-0.15, -0.1) is 0 Å². The zero-order valence-electron chi connectivity index (χ0n) is 20.4. The van der Waals surface area contributed by atoms with Crippen molar-refractivity contribution in [2.45, 2.75) is 62.9 Å². The molecule has 4 rings (SSSR count). The highest BCUT2D eigenvalue weighted by Crippen LogP contribution is 2.49. The van der Waals surface area contributed by atoms with E-state index in [2.05, 4.69) is 28.6 Å². The molecule has 0 bridgehead atoms. The summed E-state index contributed by atoms with van der Waals surface area (Å²) >= 11 is 0. The summed E-state index contributed by atoms with van der Waals surface area (Å²) in [6.45, 7) is 6.70. The maximum atomic E-state index is 13.0. The van der Waals surface area contributed by atoms with Gasteiger partial charge in [-0.2, -0.15) is 0 Å². The Labute approximate surface area is 200 Å². The first-order chi connectivity index (χ1) is 15.6. The van der Waals surface area contributed by atoms with Crippen molar-refractivity contribution in [2.24, 2.45) is 0 Å². The molecule has 2 aliphatic rings. The van der Waals surface area contributed by atoms with Crippen LogP contribution in [0.5, 0.6) is 0 Å². The molecule has 1 aliphatic carbocycles. The fraction of sp³-hybridized carbons (Fsp3) is 0.480. The van der Waals surface area contributed by atoms with Crippen molar-refractivity contribution in [3.05, 3.63) is 53.6 Å². The highest BCUT2D eigenvalue weighted by Gasteiger charge is 2.53. The van der Waals surface area contributed by atoms with Crippen LogP contribution >= 0.6 is 0 Å². The first-order valence-corrected chi connectivity index (χ1v) is 13.1. The molecule has 2 aromatic rings. The minimum Gasteiger partial charge on any atom is -0.351 e. The van der Waals surface area contributed by atoms with Crippen LogP contribution in [0.4, 0.5) is 5.69 Å². The molecule has 1 heterocycles. The van der Waals surface area contributed by atoms with E-state index >= 15 is 0 Å². The molecule has 2 N–H and O–H groups in total. The number of amidine groups is 1. The van der Waals surface area contributed by atoms with Gasteiger partial charge in [-0.05, 0) is 71.0 Å². The summed E-state index contributed by atoms with van der Waals surface area (Å²) in [5, 5.41) is 8.98. The van der Waals surface area contributed by atoms with Gasteiger partial charge in [0.25, 0.3) is 10.0 Å². The van der Waals surface area contributed by atoms with Crippen molar-refractivity contribution in [3.8, 4) is 0 Å². The van der Waals surface area contributed by atoms with Gasteiger partial charge in [0.05, 0.1) is 10.6 Å². The number of rotatable bonds is 5. The van der Waals surface area contributed by atoms with Gasteiger partial charge < -0.3 is 9.80 Å². The second kappa shape index (κ2) is 9.89. The van der Waals surface area contributed by atoms with Crippen LogP contribution in [-0.2, 0) is 10.0 Å². The van der Waals surface area contributed by atoms with Crippen LogP contribution in [0.1, 0.15) is 50.7 Å². The van der Waals surface area contributed by atoms with E-state index in [1.165, 1.54) is 0 Å². The number of piperidine rings is 1. The van der Waals surface area contributed by atoms with Crippen molar-refractivity contribution in [3.63, 3.8) is 0 Å². The van der Waals surface area contributed by atoms with Crippen molar-refractivity contribution >= 4 is 34.9 Å². The number of anilines is 1. The average molecular weight is 466 g/mol. The Bertz CT molecular complexity index is 1100. The quantitative estimate of drug-likeness (QED) is 0.402. The van der Waals surface area contributed by atoms with Crippen molar-refractivity contribution < 1.29 is 8.42 Å². The van der Waals surface area contributed by atoms with Gasteiger partial charge in [0.2, 0.25) is 0 Å². The number of nitrogens with one attached hydrogen (secondary N) is 2. The lowest BCUT2D eigenvalue weighted by molar-refractivity contribution is 0.127. The van der Waals surface area contributed by atoms with Crippen LogP contribution < -0.4 is 10.2 Å². The largest absolute Gasteiger partial charge is 0.351 e. The van der Waals surface area contributed by atoms with Gasteiger partial charge in [-0.25, -0.2) is 8.42 Å². The summed E-state index contributed by atoms with van der Waals surface area (Å²) in [4.78, 5) is 4.62. The zero-order valence-corrected chi connectivity index (χ0v) is 21.2. The predicted octanol–water partition coefficient (Wildman–Crippen LogP) is 3.50. The minimum atomic E-state index is -3.79. The van der Waals surface area contributed by atoms with Gasteiger partial charge in [0, 0.05) is 23.7 Å². The van der Waals surface area contributed by atoms with E-state index in [1.54, 1.807) is 42.5 Å². The third-order valence-electron chi connectivity index (χ3n) is 6.58. The average Bonchev–Trinajstić information content (AvgIpc) is 3.54. The summed E-state index contributed by atoms with van der Waals surface area (Å²) in [7, 11) is 6.40. The molecule has 1 saturated carbocycles. The third-order valence-corrected chi connectivity index (χ3v) is 7.96. The van der Waals surface area contributed by atoms with Crippen LogP contribution in [-0.4, -0.2) is 64.1 Å². The first kappa shape index (κ1) is 25.3. The Morgan fingerprint density at radius 1 is 1.15 bits per heavy atom. The molecule has 0 amide bonds. The standard InChI is InChI=1S/C23H29BN4O2S.C2H6/c1-16-4-7-19(8-5-16)31(29,30)26-21-14-17(24)6-9-20(21)22(25)28-13-10-18(27(2)3)15-23(28)11-12-23;1-2/h4-9,14,18,25-26H,10-13,15H2,1-3H3;1-2H3. The molecule has 6 nitrogen and oxygen atoms in total. The molecule has 1 aliphatic heterocycles. The van der Waals surface area contributed by atoms with Crippen molar-refractivity contribution in [1.29, 1.82) is 5.41 Å². The summed E-state index contributed by atoms with van der Waals surface area (Å²) in [6.07, 6.45) is 4.15. The fourth-order valence-corrected chi connectivity index (χ4v) is 5.56. The molecule has 2 fully saturated rings. The number of likely N-dealkylation sites (tertiary alicyclic amines) is 1. The Hall–Kier alpha value is -2.32. The van der Waals surface area contributed by atoms with Crippen LogP contribution in [0, 0.1) is 12.3 Å². The number of nitrogens with zero attached hydrogens (tertiary/aromatic N) is 2. The second-order valence-corrected chi connectivity index (χ2v) is 10.7. The molecule has 1 spiro atoms. The summed E-state index contributed by atoms with van der Waals surface area (Å²) in [5.74, 6) is 0.358. The minimum absolute atomic E-state index is 0.0127. The Kier molecular flexibility index (Phi) is 7.59. The first-order valence-electron chi connectivity index (χ1n) is 11.6. The number of hydrogen-bond acceptors (Lipinski definition) is 4. The van der Waals surface area contributed by atoms with Gasteiger partial charge in [-0.1, -0.05) is 43.1 Å². The SMILES string of the molecule is CC.[B]c1ccc(C(=N)N2CCC(N(C)C)CC23CC3)c(NS(=O)(=O)c2ccc(C)cc2)c1. The summed E-state index contributed by atoms with van der Waals surface area (Å²) < 4.78 is 28.7. The summed E-state index contributed by atoms with van der Waals surface area (Å²) in [5.41, 5.74) is 2.35. The van der Waals surface area contributed by atoms with E-state index in [9.17, 15) is 8.42 Å². The molecule has 2 aromatic carbocycles. The molecule has 1 unspecified atom stereocenters. The van der Waals surface area contributed by atoms with Gasteiger partial charge in [-0.3, -0.25) is 10.1 Å². The molecule has 1 atom stereocenters. The molecular weight excluding hydrogens is 431 g/mol. The number of aryl methyl sites for hydroxylation is 1. The Balaban J connectivity index is 0.00000149. The van der Waals surface area contributed by atoms with Gasteiger partial charge in [0.1, 0.15) is 13.7 Å². The Morgan fingerprint density at radius 2 is 1.79 bits per heavy atom. The molecular formula is C25H35BN4O2S. The van der Waals surface area contributed by atoms with Crippen molar-refractivity contribution in [2.75, 3.05) is 25.4 Å². The monoisotopic (exact) mass is 466 g/mol. The molecule has 176 valence electrons. The predicted molar refractivity (Wildman–Crippen MR) is 137 cm³/mol. The Morgan fingerprint density at radius 3 is 2.36 bits per heavy atom. The maximum absolute atomic E-state index is 13.0. The number of sulfonamides is 1. The second-order valence-electron chi connectivity index (χ2n) is 9.06. The van der Waals surface area contributed by atoms with E-state index in [1.807, 2.05) is 20.8 Å². The van der Waals surface area contributed by atoms with E-state index < -0.39 is 10.0 Å². The van der Waals surface area contributed by atoms with E-state index in [-0.39, 0.29) is 10.4 Å². The van der Waals surface area contributed by atoms with Crippen LogP contribution in [0.25, 0.3) is 0 Å². The highest BCUT2D eigenvalue weighted by atomic mass is 32.2. The van der Waals surface area contributed by atoms with E-state index in [0.29, 0.717) is 28.6 Å². The van der Waals surface area contributed by atoms with Crippen molar-refractivity contribution in [1.82, 2.24) is 9.80 Å². The number of benzene rings is 2. The van der Waals surface area contributed by atoms with Crippen LogP contribution in [0.2, 0.25) is 0 Å². The van der Waals surface area contributed by atoms with Gasteiger partial charge >= 0.3 is 0 Å². The lowest BCUT2D eigenvalue weighted by Crippen LogP contribution is -2.52. The lowest BCUT2D eigenvalue weighted by Gasteiger charge is -2.44. The zero-order chi connectivity index (χ0) is 24.4. The molecule has 33 heavy (non-hydrogen) atoms. The van der Waals surface area contributed by atoms with Crippen LogP contribution in [0.3, 0.4) is 0 Å². The van der Waals surface area contributed by atoms with E-state index in [4.69, 9.17) is 13.3 Å². The molecule has 8 heteroatoms. The topological polar surface area (TPSA) is 76.5 Å². The lowest BCUT2D eigenvalue weighted by atomic mass is 9.91. The maximum Gasteiger partial charge on any atom is 0.261 e. The third kappa shape index (κ3) is 5.44. The molecule has 2 radical (unpaired) electrons. The smallest absolute Gasteiger partial charge is 0.261 e. The van der Waals surface area contributed by atoms with Gasteiger partial charge in [0.15, 0.2) is 0 Å². The van der Waals surface area contributed by atoms with Crippen LogP contribution in [0.15, 0.2) is 47.4 Å². The molecule has 1 saturated heterocycles.